The molecule has 0 spiro atoms. The minimum Gasteiger partial charge on any atom is -0.311 e. The van der Waals surface area contributed by atoms with Gasteiger partial charge in [0.15, 0.2) is 0 Å². The van der Waals surface area contributed by atoms with Gasteiger partial charge in [-0.2, -0.15) is 0 Å². The van der Waals surface area contributed by atoms with Crippen LogP contribution in [0.25, 0.3) is 0 Å². The monoisotopic (exact) mass is 792 g/mol. The van der Waals surface area contributed by atoms with Crippen LogP contribution in [-0.4, -0.2) is 6.71 Å². The summed E-state index contributed by atoms with van der Waals surface area (Å²) in [7, 11) is 0. The van der Waals surface area contributed by atoms with Gasteiger partial charge in [-0.1, -0.05) is 178 Å². The average molecular weight is 792 g/mol. The first kappa shape index (κ1) is 30.3. The molecule has 60 heavy (non-hydrogen) atoms. The average Bonchev–Trinajstić information content (AvgIpc) is 3.26. The van der Waals surface area contributed by atoms with E-state index in [-0.39, 0.29) is 65.2 Å². The van der Waals surface area contributed by atoms with Crippen LogP contribution in [0, 0.1) is 6.92 Å². The molecule has 0 atom stereocenters. The molecule has 0 saturated heterocycles. The lowest BCUT2D eigenvalue weighted by Gasteiger charge is -2.45. The summed E-state index contributed by atoms with van der Waals surface area (Å²) in [5.74, 6) is 0. The predicted octanol–water partition coefficient (Wildman–Crippen LogP) is 13.3. The van der Waals surface area contributed by atoms with Gasteiger partial charge in [0.1, 0.15) is 0 Å². The molecule has 9 rings (SSSR count). The molecule has 0 bridgehead atoms. The fourth-order valence-corrected chi connectivity index (χ4v) is 9.06. The van der Waals surface area contributed by atoms with Gasteiger partial charge in [0.05, 0.1) is 12.3 Å². The molecule has 7 aromatic carbocycles. The molecule has 2 heterocycles. The fraction of sp³-hybridized carbons (Fsp3) is 0.263. The Balaban J connectivity index is 1.37. The second-order valence-electron chi connectivity index (χ2n) is 19.8. The van der Waals surface area contributed by atoms with Gasteiger partial charge >= 0.3 is 0 Å². The van der Waals surface area contributed by atoms with E-state index in [9.17, 15) is 4.11 Å². The molecule has 2 aliphatic rings. The molecule has 0 radical (unpaired) electrons. The van der Waals surface area contributed by atoms with Crippen molar-refractivity contribution in [2.45, 2.75) is 97.8 Å². The van der Waals surface area contributed by atoms with E-state index in [1.807, 2.05) is 38.7 Å². The Hall–Kier alpha value is -5.80. The maximum atomic E-state index is 10.2. The number of aryl methyl sites for hydroxylation is 1. The molecule has 0 amide bonds. The van der Waals surface area contributed by atoms with E-state index in [0.717, 1.165) is 55.8 Å². The predicted molar refractivity (Wildman–Crippen MR) is 260 cm³/mol. The van der Waals surface area contributed by atoms with Crippen molar-refractivity contribution in [3.63, 3.8) is 0 Å². The summed E-state index contributed by atoms with van der Waals surface area (Å²) in [5.41, 5.74) is 11.7. The van der Waals surface area contributed by atoms with Gasteiger partial charge in [0.2, 0.25) is 0 Å². The molecule has 0 aromatic heterocycles. The van der Waals surface area contributed by atoms with Crippen LogP contribution in [0.15, 0.2) is 158 Å². The van der Waals surface area contributed by atoms with E-state index < -0.39 is 17.5 Å². The third-order valence-electron chi connectivity index (χ3n) is 13.0. The van der Waals surface area contributed by atoms with Crippen LogP contribution in [0.1, 0.15) is 121 Å². The van der Waals surface area contributed by atoms with E-state index in [2.05, 4.69) is 114 Å². The van der Waals surface area contributed by atoms with E-state index in [0.29, 0.717) is 28.1 Å². The van der Waals surface area contributed by atoms with Crippen LogP contribution in [-0.2, 0) is 21.7 Å². The lowest BCUT2D eigenvalue weighted by atomic mass is 9.33. The van der Waals surface area contributed by atoms with E-state index in [4.69, 9.17) is 8.22 Å². The third kappa shape index (κ3) is 6.58. The third-order valence-corrected chi connectivity index (χ3v) is 13.0. The van der Waals surface area contributed by atoms with Gasteiger partial charge in [0.25, 0.3) is 6.71 Å². The Morgan fingerprint density at radius 3 is 1.40 bits per heavy atom. The van der Waals surface area contributed by atoms with Crippen molar-refractivity contribution in [1.29, 1.82) is 0 Å². The molecule has 2 nitrogen and oxygen atoms in total. The molecule has 300 valence electrons. The Morgan fingerprint density at radius 2 is 0.850 bits per heavy atom. The summed E-state index contributed by atoms with van der Waals surface area (Å²) in [5, 5.41) is 0. The molecule has 2 aliphatic heterocycles. The second-order valence-corrected chi connectivity index (χ2v) is 19.8. The largest absolute Gasteiger partial charge is 0.311 e. The van der Waals surface area contributed by atoms with Crippen LogP contribution >= 0.6 is 0 Å². The molecule has 0 N–H and O–H groups in total. The first-order chi connectivity index (χ1) is 32.1. The minimum absolute atomic E-state index is 0.0347. The van der Waals surface area contributed by atoms with Gasteiger partial charge in [-0.15, -0.1) is 0 Å². The van der Waals surface area contributed by atoms with Gasteiger partial charge in [-0.3, -0.25) is 0 Å². The molecular formula is C57H59BN2. The summed E-state index contributed by atoms with van der Waals surface area (Å²) in [6.07, 6.45) is 0. The first-order valence-electron chi connectivity index (χ1n) is 25.5. The number of hydrogen-bond acceptors (Lipinski definition) is 2. The molecule has 0 saturated carbocycles. The van der Waals surface area contributed by atoms with Crippen LogP contribution in [0.4, 0.5) is 34.1 Å². The number of anilines is 6. The Morgan fingerprint density at radius 1 is 0.400 bits per heavy atom. The SMILES string of the molecule is [2H]c1cc(C(C)(C)c2cc([2H])c(N3c4cc(C)cc5c4B(c4cc(C(C)(C)C)ccc4N5c4ccc(C(C)(C)C)cc4)c4cc(C(C)(C)c5cc([2H])c([2H])c([2H])c5)cc([2H])c43)c([2H])c2)cc([2H])c1[2H]. The lowest BCUT2D eigenvalue weighted by molar-refractivity contribution is 0.590. The molecule has 7 aromatic rings. The van der Waals surface area contributed by atoms with Crippen LogP contribution < -0.4 is 26.2 Å². The van der Waals surface area contributed by atoms with E-state index in [1.165, 1.54) is 5.56 Å². The summed E-state index contributed by atoms with van der Waals surface area (Å²) < 4.78 is 80.4. The standard InChI is InChI=1S/C57H59BN2/c1-38-34-51-53-52(35-38)60(46-30-24-42(25-31-46)56(8,9)40-18-14-12-15-19-40)50-33-27-44(57(10,11)41-20-16-13-17-21-41)37-48(50)58(53)47-36-43(55(5,6)7)26-32-49(47)59(51)45-28-22-39(23-29-45)54(2,3)4/h12-37H,1-11H3/i12D,13D,14D,15D,16D,17D,30D,31D,33D. The van der Waals surface area contributed by atoms with Crippen molar-refractivity contribution in [2.24, 2.45) is 0 Å². The van der Waals surface area contributed by atoms with Crippen LogP contribution in [0.3, 0.4) is 0 Å². The molecule has 0 unspecified atom stereocenters. The highest BCUT2D eigenvalue weighted by atomic mass is 15.2. The number of rotatable bonds is 6. The van der Waals surface area contributed by atoms with Crippen molar-refractivity contribution in [2.75, 3.05) is 9.80 Å². The van der Waals surface area contributed by atoms with Crippen LogP contribution in [0.5, 0.6) is 0 Å². The zero-order valence-electron chi connectivity index (χ0n) is 45.8. The van der Waals surface area contributed by atoms with Crippen LogP contribution in [0.2, 0.25) is 0 Å². The molecule has 0 aliphatic carbocycles. The molecular weight excluding hydrogens is 723 g/mol. The highest BCUT2D eigenvalue weighted by molar-refractivity contribution is 7.00. The van der Waals surface area contributed by atoms with Crippen molar-refractivity contribution >= 4 is 57.2 Å². The zero-order chi connectivity index (χ0) is 50.2. The Kier molecular flexibility index (Phi) is 7.14. The van der Waals surface area contributed by atoms with Gasteiger partial charge < -0.3 is 9.80 Å². The number of benzene rings is 7. The summed E-state index contributed by atoms with van der Waals surface area (Å²) in [6.45, 7) is 22.9. The van der Waals surface area contributed by atoms with Crippen molar-refractivity contribution in [3.8, 4) is 0 Å². The second kappa shape index (κ2) is 14.2. The van der Waals surface area contributed by atoms with Gasteiger partial charge in [-0.25, -0.2) is 0 Å². The smallest absolute Gasteiger partial charge is 0.252 e. The van der Waals surface area contributed by atoms with Crippen molar-refractivity contribution in [1.82, 2.24) is 0 Å². The number of nitrogens with zero attached hydrogens (tertiary/aromatic N) is 2. The van der Waals surface area contributed by atoms with Gasteiger partial charge in [-0.05, 0) is 122 Å². The number of hydrogen-bond donors (Lipinski definition) is 0. The lowest BCUT2D eigenvalue weighted by Crippen LogP contribution is -2.61. The quantitative estimate of drug-likeness (QED) is 0.155. The first-order valence-corrected chi connectivity index (χ1v) is 21.0. The van der Waals surface area contributed by atoms with Crippen molar-refractivity contribution < 1.29 is 12.3 Å². The minimum atomic E-state index is -0.828. The van der Waals surface area contributed by atoms with E-state index in [1.54, 1.807) is 36.4 Å². The Labute approximate surface area is 372 Å². The summed E-state index contributed by atoms with van der Waals surface area (Å²) >= 11 is 0. The summed E-state index contributed by atoms with van der Waals surface area (Å²) in [4.78, 5) is 4.29. The highest BCUT2D eigenvalue weighted by Gasteiger charge is 2.44. The maximum Gasteiger partial charge on any atom is 0.252 e. The van der Waals surface area contributed by atoms with Gasteiger partial charge in [0, 0.05) is 45.0 Å². The molecule has 3 heteroatoms. The normalized spacial score (nSPS) is 15.9. The topological polar surface area (TPSA) is 6.48 Å². The zero-order valence-corrected chi connectivity index (χ0v) is 36.8. The summed E-state index contributed by atoms with van der Waals surface area (Å²) in [6, 6.07) is 33.7. The highest BCUT2D eigenvalue weighted by Crippen LogP contribution is 2.46. The van der Waals surface area contributed by atoms with Crippen molar-refractivity contribution in [3.05, 3.63) is 196 Å². The fourth-order valence-electron chi connectivity index (χ4n) is 9.06. The number of fused-ring (bicyclic) bond motifs is 4. The molecule has 0 fully saturated rings. The van der Waals surface area contributed by atoms with E-state index >= 15 is 0 Å². The maximum absolute atomic E-state index is 10.2. The Bertz CT molecular complexity index is 3200.